The van der Waals surface area contributed by atoms with E-state index in [2.05, 4.69) is 0 Å². The van der Waals surface area contributed by atoms with Crippen molar-refractivity contribution in [3.05, 3.63) is 34.7 Å². The molecule has 1 amide bonds. The summed E-state index contributed by atoms with van der Waals surface area (Å²) in [7, 11) is 0. The predicted octanol–water partition coefficient (Wildman–Crippen LogP) is 0.808. The Labute approximate surface area is 117 Å². The summed E-state index contributed by atoms with van der Waals surface area (Å²) >= 11 is 0. The van der Waals surface area contributed by atoms with Gasteiger partial charge in [-0.25, -0.2) is 0 Å². The van der Waals surface area contributed by atoms with E-state index in [1.807, 2.05) is 0 Å². The summed E-state index contributed by atoms with van der Waals surface area (Å²) in [6.07, 6.45) is 1.82. The molecule has 1 aromatic heterocycles. The van der Waals surface area contributed by atoms with Crippen molar-refractivity contribution in [2.24, 2.45) is 5.92 Å². The Hall–Kier alpha value is -2.11. The van der Waals surface area contributed by atoms with Gasteiger partial charge in [0, 0.05) is 38.3 Å². The number of aromatic nitrogens is 1. The van der Waals surface area contributed by atoms with Crippen LogP contribution in [0.4, 0.5) is 0 Å². The summed E-state index contributed by atoms with van der Waals surface area (Å²) < 4.78 is 1.46. The predicted molar refractivity (Wildman–Crippen MR) is 74.4 cm³/mol. The molecule has 1 unspecified atom stereocenters. The van der Waals surface area contributed by atoms with Crippen LogP contribution in [0, 0.1) is 5.92 Å². The van der Waals surface area contributed by atoms with Gasteiger partial charge in [0.05, 0.1) is 5.92 Å². The molecule has 0 aliphatic rings. The van der Waals surface area contributed by atoms with Crippen LogP contribution in [0.25, 0.3) is 0 Å². The van der Waals surface area contributed by atoms with Crippen LogP contribution in [0.5, 0.6) is 0 Å². The summed E-state index contributed by atoms with van der Waals surface area (Å²) in [5, 5.41) is 8.87. The third-order valence-corrected chi connectivity index (χ3v) is 3.12. The van der Waals surface area contributed by atoms with E-state index in [-0.39, 0.29) is 24.4 Å². The Morgan fingerprint density at radius 1 is 1.40 bits per heavy atom. The molecule has 1 aromatic rings. The molecular formula is C14H20N2O4. The molecular weight excluding hydrogens is 260 g/mol. The molecule has 1 atom stereocenters. The molecule has 0 radical (unpaired) electrons. The van der Waals surface area contributed by atoms with Crippen LogP contribution in [0.2, 0.25) is 0 Å². The average molecular weight is 280 g/mol. The Kier molecular flexibility index (Phi) is 5.96. The standard InChI is InChI=1S/C14H20N2O4/c1-3-15(10-11(2)14(19)20)13(18)7-9-16-8-5-4-6-12(16)17/h4-6,8,11H,3,7,9-10H2,1-2H3,(H,19,20). The number of carbonyl (C=O) groups is 2. The Morgan fingerprint density at radius 2 is 2.10 bits per heavy atom. The van der Waals surface area contributed by atoms with Crippen molar-refractivity contribution in [2.75, 3.05) is 13.1 Å². The molecule has 0 fully saturated rings. The fourth-order valence-corrected chi connectivity index (χ4v) is 1.84. The van der Waals surface area contributed by atoms with Gasteiger partial charge in [-0.3, -0.25) is 14.4 Å². The van der Waals surface area contributed by atoms with Gasteiger partial charge >= 0.3 is 5.97 Å². The number of aryl methyl sites for hydroxylation is 1. The number of rotatable bonds is 7. The number of hydrogen-bond donors (Lipinski definition) is 1. The van der Waals surface area contributed by atoms with Gasteiger partial charge in [0.2, 0.25) is 5.91 Å². The van der Waals surface area contributed by atoms with Crippen molar-refractivity contribution in [1.29, 1.82) is 0 Å². The molecule has 20 heavy (non-hydrogen) atoms. The number of nitrogens with zero attached hydrogens (tertiary/aromatic N) is 2. The highest BCUT2D eigenvalue weighted by Crippen LogP contribution is 2.03. The minimum atomic E-state index is -0.921. The molecule has 0 saturated carbocycles. The zero-order valence-electron chi connectivity index (χ0n) is 11.8. The van der Waals surface area contributed by atoms with Crippen LogP contribution in [0.3, 0.4) is 0 Å². The first kappa shape index (κ1) is 15.9. The van der Waals surface area contributed by atoms with E-state index < -0.39 is 11.9 Å². The number of amides is 1. The first-order valence-electron chi connectivity index (χ1n) is 6.61. The number of aliphatic carboxylic acids is 1. The number of hydrogen-bond acceptors (Lipinski definition) is 3. The van der Waals surface area contributed by atoms with Gasteiger partial charge in [-0.15, -0.1) is 0 Å². The summed E-state index contributed by atoms with van der Waals surface area (Å²) in [5.74, 6) is -1.66. The van der Waals surface area contributed by atoms with E-state index in [0.717, 1.165) is 0 Å². The number of carbonyl (C=O) groups excluding carboxylic acids is 1. The lowest BCUT2D eigenvalue weighted by Gasteiger charge is -2.23. The van der Waals surface area contributed by atoms with E-state index in [1.54, 1.807) is 32.2 Å². The zero-order chi connectivity index (χ0) is 15.1. The van der Waals surface area contributed by atoms with Gasteiger partial charge in [-0.2, -0.15) is 0 Å². The van der Waals surface area contributed by atoms with E-state index >= 15 is 0 Å². The van der Waals surface area contributed by atoms with Gasteiger partial charge in [-0.05, 0) is 13.0 Å². The van der Waals surface area contributed by atoms with Gasteiger partial charge in [0.25, 0.3) is 5.56 Å². The zero-order valence-corrected chi connectivity index (χ0v) is 11.8. The highest BCUT2D eigenvalue weighted by molar-refractivity contribution is 5.77. The van der Waals surface area contributed by atoms with Crippen molar-refractivity contribution in [1.82, 2.24) is 9.47 Å². The van der Waals surface area contributed by atoms with Gasteiger partial charge in [-0.1, -0.05) is 13.0 Å². The largest absolute Gasteiger partial charge is 0.481 e. The van der Waals surface area contributed by atoms with E-state index in [0.29, 0.717) is 13.1 Å². The monoisotopic (exact) mass is 280 g/mol. The Balaban J connectivity index is 2.58. The van der Waals surface area contributed by atoms with Crippen molar-refractivity contribution < 1.29 is 14.7 Å². The third-order valence-electron chi connectivity index (χ3n) is 3.12. The lowest BCUT2D eigenvalue weighted by molar-refractivity contribution is -0.143. The first-order valence-corrected chi connectivity index (χ1v) is 6.61. The second-order valence-electron chi connectivity index (χ2n) is 4.65. The maximum absolute atomic E-state index is 12.0. The van der Waals surface area contributed by atoms with Gasteiger partial charge in [0.15, 0.2) is 0 Å². The maximum Gasteiger partial charge on any atom is 0.308 e. The molecule has 1 rings (SSSR count). The third kappa shape index (κ3) is 4.53. The molecule has 0 bridgehead atoms. The van der Waals surface area contributed by atoms with E-state index in [1.165, 1.54) is 15.5 Å². The fraction of sp³-hybridized carbons (Fsp3) is 0.500. The Bertz CT molecular complexity index is 524. The quantitative estimate of drug-likeness (QED) is 0.801. The molecule has 1 heterocycles. The molecule has 6 nitrogen and oxygen atoms in total. The normalized spacial score (nSPS) is 11.9. The summed E-state index contributed by atoms with van der Waals surface area (Å²) in [6, 6.07) is 4.82. The maximum atomic E-state index is 12.0. The molecule has 0 aliphatic carbocycles. The first-order chi connectivity index (χ1) is 9.45. The number of pyridine rings is 1. The molecule has 1 N–H and O–H groups in total. The van der Waals surface area contributed by atoms with E-state index in [9.17, 15) is 14.4 Å². The molecule has 0 aromatic carbocycles. The highest BCUT2D eigenvalue weighted by atomic mass is 16.4. The van der Waals surface area contributed by atoms with Crippen LogP contribution in [0.15, 0.2) is 29.2 Å². The van der Waals surface area contributed by atoms with Crippen molar-refractivity contribution >= 4 is 11.9 Å². The molecule has 0 aliphatic heterocycles. The SMILES string of the molecule is CCN(CC(C)C(=O)O)C(=O)CCn1ccccc1=O. The lowest BCUT2D eigenvalue weighted by Crippen LogP contribution is -2.37. The van der Waals surface area contributed by atoms with Crippen molar-refractivity contribution in [2.45, 2.75) is 26.8 Å². The lowest BCUT2D eigenvalue weighted by atomic mass is 10.1. The number of carboxylic acids is 1. The van der Waals surface area contributed by atoms with Crippen molar-refractivity contribution in [3.63, 3.8) is 0 Å². The van der Waals surface area contributed by atoms with Gasteiger partial charge in [0.1, 0.15) is 0 Å². The summed E-state index contributed by atoms with van der Waals surface area (Å²) in [6.45, 7) is 4.33. The minimum absolute atomic E-state index is 0.142. The molecule has 0 saturated heterocycles. The summed E-state index contributed by atoms with van der Waals surface area (Å²) in [4.78, 5) is 35.9. The second kappa shape index (κ2) is 7.47. The minimum Gasteiger partial charge on any atom is -0.481 e. The Morgan fingerprint density at radius 3 is 2.65 bits per heavy atom. The number of carboxylic acid groups (broad SMARTS) is 1. The highest BCUT2D eigenvalue weighted by Gasteiger charge is 2.19. The van der Waals surface area contributed by atoms with Crippen LogP contribution in [0.1, 0.15) is 20.3 Å². The van der Waals surface area contributed by atoms with Gasteiger partial charge < -0.3 is 14.6 Å². The topological polar surface area (TPSA) is 79.6 Å². The molecule has 110 valence electrons. The van der Waals surface area contributed by atoms with Crippen LogP contribution < -0.4 is 5.56 Å². The fourth-order valence-electron chi connectivity index (χ4n) is 1.84. The molecule has 0 spiro atoms. The average Bonchev–Trinajstić information content (AvgIpc) is 2.43. The van der Waals surface area contributed by atoms with Crippen molar-refractivity contribution in [3.8, 4) is 0 Å². The summed E-state index contributed by atoms with van der Waals surface area (Å²) in [5.41, 5.74) is -0.151. The van der Waals surface area contributed by atoms with Crippen LogP contribution in [-0.4, -0.2) is 39.5 Å². The molecule has 6 heteroatoms. The smallest absolute Gasteiger partial charge is 0.308 e. The van der Waals surface area contributed by atoms with Crippen LogP contribution in [-0.2, 0) is 16.1 Å². The second-order valence-corrected chi connectivity index (χ2v) is 4.65. The van der Waals surface area contributed by atoms with E-state index in [4.69, 9.17) is 5.11 Å². The van der Waals surface area contributed by atoms with Crippen LogP contribution >= 0.6 is 0 Å².